The maximum atomic E-state index is 11.5. The molecule has 0 spiro atoms. The van der Waals surface area contributed by atoms with Crippen LogP contribution in [0.3, 0.4) is 0 Å². The van der Waals surface area contributed by atoms with Gasteiger partial charge in [0.2, 0.25) is 0 Å². The third-order valence-corrected chi connectivity index (χ3v) is 1.98. The van der Waals surface area contributed by atoms with E-state index in [-0.39, 0.29) is 11.7 Å². The Labute approximate surface area is 72.6 Å². The van der Waals surface area contributed by atoms with Crippen molar-refractivity contribution in [3.63, 3.8) is 0 Å². The zero-order valence-electron chi connectivity index (χ0n) is 7.45. The molecule has 0 unspecified atom stereocenters. The van der Waals surface area contributed by atoms with Crippen molar-refractivity contribution in [3.05, 3.63) is 30.1 Å². The van der Waals surface area contributed by atoms with Crippen molar-refractivity contribution in [1.82, 2.24) is 4.98 Å². The van der Waals surface area contributed by atoms with E-state index in [2.05, 4.69) is 4.98 Å². The highest BCUT2D eigenvalue weighted by molar-refractivity contribution is 5.95. The summed E-state index contributed by atoms with van der Waals surface area (Å²) in [6.45, 7) is 3.93. The van der Waals surface area contributed by atoms with Crippen molar-refractivity contribution >= 4 is 5.78 Å². The maximum Gasteiger partial charge on any atom is 0.183 e. The molecule has 1 aromatic heterocycles. The molecule has 1 rings (SSSR count). The third-order valence-electron chi connectivity index (χ3n) is 1.98. The van der Waals surface area contributed by atoms with Gasteiger partial charge < -0.3 is 0 Å². The van der Waals surface area contributed by atoms with E-state index in [1.54, 1.807) is 12.3 Å². The number of pyridine rings is 1. The lowest BCUT2D eigenvalue weighted by atomic mass is 10.0. The molecule has 0 aliphatic carbocycles. The summed E-state index contributed by atoms with van der Waals surface area (Å²) in [5.41, 5.74) is 0.576. The van der Waals surface area contributed by atoms with E-state index >= 15 is 0 Å². The van der Waals surface area contributed by atoms with Crippen LogP contribution >= 0.6 is 0 Å². The van der Waals surface area contributed by atoms with Crippen molar-refractivity contribution in [3.8, 4) is 0 Å². The number of carbonyl (C=O) groups is 1. The minimum Gasteiger partial charge on any atom is -0.292 e. The van der Waals surface area contributed by atoms with E-state index in [0.717, 1.165) is 6.42 Å². The molecule has 0 fully saturated rings. The molecule has 1 atom stereocenters. The summed E-state index contributed by atoms with van der Waals surface area (Å²) in [6, 6.07) is 5.41. The molecule has 0 aliphatic heterocycles. The maximum absolute atomic E-state index is 11.5. The van der Waals surface area contributed by atoms with E-state index < -0.39 is 0 Å². The van der Waals surface area contributed by atoms with Gasteiger partial charge in [-0.05, 0) is 18.6 Å². The number of carbonyl (C=O) groups excluding carboxylic acids is 1. The highest BCUT2D eigenvalue weighted by Crippen LogP contribution is 2.08. The smallest absolute Gasteiger partial charge is 0.183 e. The highest BCUT2D eigenvalue weighted by atomic mass is 16.1. The topological polar surface area (TPSA) is 30.0 Å². The summed E-state index contributed by atoms with van der Waals surface area (Å²) < 4.78 is 0. The van der Waals surface area contributed by atoms with Gasteiger partial charge in [0, 0.05) is 12.1 Å². The summed E-state index contributed by atoms with van der Waals surface area (Å²) in [5.74, 6) is 0.220. The number of hydrogen-bond acceptors (Lipinski definition) is 2. The average Bonchev–Trinajstić information content (AvgIpc) is 2.17. The molecule has 0 bridgehead atoms. The molecular weight excluding hydrogens is 150 g/mol. The Morgan fingerprint density at radius 3 is 2.83 bits per heavy atom. The second-order valence-corrected chi connectivity index (χ2v) is 2.89. The third kappa shape index (κ3) is 1.91. The van der Waals surface area contributed by atoms with Crippen molar-refractivity contribution in [2.75, 3.05) is 0 Å². The van der Waals surface area contributed by atoms with Crippen LogP contribution in [0, 0.1) is 5.92 Å². The Morgan fingerprint density at radius 2 is 2.33 bits per heavy atom. The summed E-state index contributed by atoms with van der Waals surface area (Å²) in [6.07, 6.45) is 2.52. The first-order chi connectivity index (χ1) is 5.75. The minimum absolute atomic E-state index is 0.0832. The standard InChI is InChI=1S/C10H13NO/c1-3-8(2)10(12)9-6-4-5-7-11-9/h4-8H,3H2,1-2H3/t8-/m1/s1. The second-order valence-electron chi connectivity index (χ2n) is 2.89. The molecule has 2 nitrogen and oxygen atoms in total. The Hall–Kier alpha value is -1.18. The molecule has 0 saturated heterocycles. The molecule has 1 aromatic rings. The molecule has 0 N–H and O–H groups in total. The Morgan fingerprint density at radius 1 is 1.58 bits per heavy atom. The highest BCUT2D eigenvalue weighted by Gasteiger charge is 2.13. The van der Waals surface area contributed by atoms with E-state index in [1.165, 1.54) is 0 Å². The molecule has 2 heteroatoms. The van der Waals surface area contributed by atoms with Gasteiger partial charge in [-0.2, -0.15) is 0 Å². The molecule has 0 saturated carbocycles. The van der Waals surface area contributed by atoms with Gasteiger partial charge in [-0.3, -0.25) is 9.78 Å². The Balaban J connectivity index is 2.79. The van der Waals surface area contributed by atoms with Crippen LogP contribution < -0.4 is 0 Å². The van der Waals surface area contributed by atoms with E-state index in [4.69, 9.17) is 0 Å². The van der Waals surface area contributed by atoms with Gasteiger partial charge in [-0.1, -0.05) is 19.9 Å². The number of Topliss-reactive ketones (excluding diaryl/α,β-unsaturated/α-hetero) is 1. The van der Waals surface area contributed by atoms with Gasteiger partial charge in [-0.25, -0.2) is 0 Å². The zero-order valence-corrected chi connectivity index (χ0v) is 7.45. The lowest BCUT2D eigenvalue weighted by molar-refractivity contribution is 0.0922. The summed E-state index contributed by atoms with van der Waals surface area (Å²) >= 11 is 0. The molecule has 0 amide bonds. The number of nitrogens with zero attached hydrogens (tertiary/aromatic N) is 1. The van der Waals surface area contributed by atoms with Gasteiger partial charge >= 0.3 is 0 Å². The fraction of sp³-hybridized carbons (Fsp3) is 0.400. The second kappa shape index (κ2) is 4.00. The summed E-state index contributed by atoms with van der Waals surface area (Å²) in [4.78, 5) is 15.5. The van der Waals surface area contributed by atoms with Crippen molar-refractivity contribution < 1.29 is 4.79 Å². The fourth-order valence-corrected chi connectivity index (χ4v) is 0.946. The van der Waals surface area contributed by atoms with Crippen LogP contribution in [0.2, 0.25) is 0 Å². The van der Waals surface area contributed by atoms with Gasteiger partial charge in [0.1, 0.15) is 5.69 Å². The van der Waals surface area contributed by atoms with Crippen molar-refractivity contribution in [2.24, 2.45) is 5.92 Å². The predicted octanol–water partition coefficient (Wildman–Crippen LogP) is 2.31. The van der Waals surface area contributed by atoms with Crippen LogP contribution in [-0.4, -0.2) is 10.8 Å². The van der Waals surface area contributed by atoms with E-state index in [1.807, 2.05) is 26.0 Å². The molecule has 12 heavy (non-hydrogen) atoms. The monoisotopic (exact) mass is 163 g/mol. The largest absolute Gasteiger partial charge is 0.292 e. The number of aromatic nitrogens is 1. The van der Waals surface area contributed by atoms with Gasteiger partial charge in [0.15, 0.2) is 5.78 Å². The normalized spacial score (nSPS) is 12.5. The van der Waals surface area contributed by atoms with Crippen LogP contribution in [0.1, 0.15) is 30.8 Å². The zero-order chi connectivity index (χ0) is 8.97. The minimum atomic E-state index is 0.0832. The Kier molecular flexibility index (Phi) is 2.97. The van der Waals surface area contributed by atoms with E-state index in [0.29, 0.717) is 5.69 Å². The van der Waals surface area contributed by atoms with Crippen molar-refractivity contribution in [1.29, 1.82) is 0 Å². The SMILES string of the molecule is CC[C@@H](C)C(=O)c1ccccn1. The number of ketones is 1. The molecule has 0 radical (unpaired) electrons. The molecule has 0 aliphatic rings. The summed E-state index contributed by atoms with van der Waals surface area (Å²) in [5, 5.41) is 0. The molecular formula is C10H13NO. The first kappa shape index (κ1) is 8.91. The quantitative estimate of drug-likeness (QED) is 0.640. The van der Waals surface area contributed by atoms with Crippen LogP contribution in [-0.2, 0) is 0 Å². The molecule has 1 heterocycles. The van der Waals surface area contributed by atoms with Gasteiger partial charge in [0.25, 0.3) is 0 Å². The molecule has 64 valence electrons. The van der Waals surface area contributed by atoms with Crippen LogP contribution in [0.4, 0.5) is 0 Å². The van der Waals surface area contributed by atoms with Crippen LogP contribution in [0.5, 0.6) is 0 Å². The molecule has 0 aromatic carbocycles. The van der Waals surface area contributed by atoms with Crippen molar-refractivity contribution in [2.45, 2.75) is 20.3 Å². The van der Waals surface area contributed by atoms with E-state index in [9.17, 15) is 4.79 Å². The first-order valence-electron chi connectivity index (χ1n) is 4.21. The lowest BCUT2D eigenvalue weighted by Crippen LogP contribution is -2.11. The number of rotatable bonds is 3. The summed E-state index contributed by atoms with van der Waals surface area (Å²) in [7, 11) is 0. The lowest BCUT2D eigenvalue weighted by Gasteiger charge is -2.05. The first-order valence-corrected chi connectivity index (χ1v) is 4.21. The predicted molar refractivity (Wildman–Crippen MR) is 48.0 cm³/mol. The number of hydrogen-bond donors (Lipinski definition) is 0. The fourth-order valence-electron chi connectivity index (χ4n) is 0.946. The van der Waals surface area contributed by atoms with Crippen LogP contribution in [0.25, 0.3) is 0 Å². The van der Waals surface area contributed by atoms with Crippen LogP contribution in [0.15, 0.2) is 24.4 Å². The average molecular weight is 163 g/mol. The van der Waals surface area contributed by atoms with Gasteiger partial charge in [-0.15, -0.1) is 0 Å². The Bertz CT molecular complexity index is 256. The van der Waals surface area contributed by atoms with Gasteiger partial charge in [0.05, 0.1) is 0 Å².